The van der Waals surface area contributed by atoms with Crippen molar-refractivity contribution in [2.75, 3.05) is 13.2 Å². The molecule has 0 fully saturated rings. The molecule has 0 unspecified atom stereocenters. The molecule has 0 aliphatic heterocycles. The standard InChI is InChI=1S/C65H114O6/c1-4-7-10-13-16-19-22-25-28-31-32-35-38-41-44-47-50-53-56-59-65(68)71-62(60-69-63(66)57-54-51-48-45-42-39-36-33-29-26-23-20-17-14-11-8-5-2)61-70-64(67)58-55-52-49-46-43-40-37-34-30-27-24-21-18-15-12-9-6-3/h8,11,17,20,26-27,29-30,36,39,45,48,62H,4-7,9-10,12-16,18-19,21-25,28,31-35,37-38,40-44,46-47,49-61H2,1-3H3/b11-8-,20-17-,29-26-,30-27-,39-36-,48-45-/t62-/m1/s1. The summed E-state index contributed by atoms with van der Waals surface area (Å²) in [6, 6.07) is 0. The van der Waals surface area contributed by atoms with Crippen molar-refractivity contribution in [3.8, 4) is 0 Å². The molecule has 410 valence electrons. The number of carbonyl (C=O) groups is 3. The van der Waals surface area contributed by atoms with Crippen molar-refractivity contribution in [3.05, 3.63) is 72.9 Å². The van der Waals surface area contributed by atoms with E-state index in [4.69, 9.17) is 14.2 Å². The van der Waals surface area contributed by atoms with E-state index >= 15 is 0 Å². The molecule has 0 saturated heterocycles. The molecule has 0 spiro atoms. The first kappa shape index (κ1) is 67.8. The topological polar surface area (TPSA) is 78.9 Å². The molecular formula is C65H114O6. The maximum Gasteiger partial charge on any atom is 0.306 e. The number of unbranched alkanes of at least 4 members (excludes halogenated alkanes) is 32. The Bertz CT molecular complexity index is 1320. The normalized spacial score (nSPS) is 12.5. The van der Waals surface area contributed by atoms with Gasteiger partial charge in [0.05, 0.1) is 0 Å². The van der Waals surface area contributed by atoms with E-state index in [9.17, 15) is 14.4 Å². The number of esters is 3. The van der Waals surface area contributed by atoms with Crippen molar-refractivity contribution in [3.63, 3.8) is 0 Å². The zero-order valence-corrected chi connectivity index (χ0v) is 47.0. The van der Waals surface area contributed by atoms with Crippen LogP contribution in [0.1, 0.15) is 303 Å². The van der Waals surface area contributed by atoms with Crippen LogP contribution in [-0.4, -0.2) is 37.2 Å². The third-order valence-corrected chi connectivity index (χ3v) is 13.2. The number of carbonyl (C=O) groups excluding carboxylic acids is 3. The summed E-state index contributed by atoms with van der Waals surface area (Å²) in [5, 5.41) is 0. The summed E-state index contributed by atoms with van der Waals surface area (Å²) in [6.45, 7) is 6.51. The molecule has 0 N–H and O–H groups in total. The summed E-state index contributed by atoms with van der Waals surface area (Å²) >= 11 is 0. The second kappa shape index (κ2) is 59.4. The van der Waals surface area contributed by atoms with E-state index in [1.807, 2.05) is 0 Å². The van der Waals surface area contributed by atoms with Gasteiger partial charge in [-0.2, -0.15) is 0 Å². The van der Waals surface area contributed by atoms with E-state index in [2.05, 4.69) is 93.7 Å². The highest BCUT2D eigenvalue weighted by Crippen LogP contribution is 2.17. The monoisotopic (exact) mass is 991 g/mol. The fourth-order valence-corrected chi connectivity index (χ4v) is 8.65. The van der Waals surface area contributed by atoms with Crippen LogP contribution in [0.5, 0.6) is 0 Å². The first-order valence-electron chi connectivity index (χ1n) is 30.4. The number of ether oxygens (including phenoxy) is 3. The summed E-state index contributed by atoms with van der Waals surface area (Å²) in [4.78, 5) is 38.2. The predicted octanol–water partition coefficient (Wildman–Crippen LogP) is 20.5. The largest absolute Gasteiger partial charge is 0.462 e. The molecule has 0 heterocycles. The van der Waals surface area contributed by atoms with Gasteiger partial charge in [-0.15, -0.1) is 0 Å². The summed E-state index contributed by atoms with van der Waals surface area (Å²) in [7, 11) is 0. The zero-order valence-electron chi connectivity index (χ0n) is 47.0. The minimum Gasteiger partial charge on any atom is -0.462 e. The van der Waals surface area contributed by atoms with Crippen LogP contribution in [-0.2, 0) is 28.6 Å². The van der Waals surface area contributed by atoms with Gasteiger partial charge in [-0.1, -0.05) is 273 Å². The third-order valence-electron chi connectivity index (χ3n) is 13.2. The predicted molar refractivity (Wildman–Crippen MR) is 307 cm³/mol. The Morgan fingerprint density at radius 1 is 0.296 bits per heavy atom. The highest BCUT2D eigenvalue weighted by atomic mass is 16.6. The maximum absolute atomic E-state index is 12.9. The van der Waals surface area contributed by atoms with Crippen LogP contribution in [0, 0.1) is 0 Å². The van der Waals surface area contributed by atoms with Gasteiger partial charge in [-0.05, 0) is 83.5 Å². The van der Waals surface area contributed by atoms with E-state index in [0.29, 0.717) is 19.3 Å². The number of hydrogen-bond donors (Lipinski definition) is 0. The Hall–Kier alpha value is -3.15. The van der Waals surface area contributed by atoms with Gasteiger partial charge in [0.25, 0.3) is 0 Å². The average Bonchev–Trinajstić information content (AvgIpc) is 3.37. The number of allylic oxidation sites excluding steroid dienone is 12. The summed E-state index contributed by atoms with van der Waals surface area (Å²) in [5.74, 6) is -0.943. The van der Waals surface area contributed by atoms with Gasteiger partial charge in [-0.3, -0.25) is 14.4 Å². The van der Waals surface area contributed by atoms with Crippen LogP contribution >= 0.6 is 0 Å². The lowest BCUT2D eigenvalue weighted by atomic mass is 10.0. The van der Waals surface area contributed by atoms with Crippen molar-refractivity contribution in [1.29, 1.82) is 0 Å². The first-order valence-corrected chi connectivity index (χ1v) is 30.4. The molecule has 0 radical (unpaired) electrons. The second-order valence-corrected chi connectivity index (χ2v) is 20.2. The number of hydrogen-bond acceptors (Lipinski definition) is 6. The average molecular weight is 992 g/mol. The van der Waals surface area contributed by atoms with Crippen LogP contribution < -0.4 is 0 Å². The van der Waals surface area contributed by atoms with Gasteiger partial charge >= 0.3 is 17.9 Å². The van der Waals surface area contributed by atoms with E-state index < -0.39 is 6.10 Å². The van der Waals surface area contributed by atoms with E-state index in [1.165, 1.54) is 180 Å². The van der Waals surface area contributed by atoms with Crippen LogP contribution in [0.2, 0.25) is 0 Å². The second-order valence-electron chi connectivity index (χ2n) is 20.2. The van der Waals surface area contributed by atoms with Gasteiger partial charge in [-0.25, -0.2) is 0 Å². The van der Waals surface area contributed by atoms with Crippen molar-refractivity contribution in [1.82, 2.24) is 0 Å². The molecule has 0 aromatic rings. The number of rotatable bonds is 55. The minimum atomic E-state index is -0.799. The molecule has 0 amide bonds. The molecule has 0 bridgehead atoms. The Kier molecular flexibility index (Phi) is 56.8. The lowest BCUT2D eigenvalue weighted by Crippen LogP contribution is -2.30. The maximum atomic E-state index is 12.9. The fourth-order valence-electron chi connectivity index (χ4n) is 8.65. The van der Waals surface area contributed by atoms with Gasteiger partial charge in [0.15, 0.2) is 6.10 Å². The van der Waals surface area contributed by atoms with Gasteiger partial charge in [0.1, 0.15) is 13.2 Å². The first-order chi connectivity index (χ1) is 35.0. The molecule has 0 aliphatic rings. The Labute approximate surface area is 440 Å². The summed E-state index contributed by atoms with van der Waals surface area (Å²) in [5.41, 5.74) is 0. The fraction of sp³-hybridized carbons (Fsp3) is 0.769. The molecule has 0 aromatic heterocycles. The molecule has 0 aliphatic carbocycles. The Balaban J connectivity index is 4.43. The molecule has 0 saturated carbocycles. The molecule has 0 aromatic carbocycles. The highest BCUT2D eigenvalue weighted by molar-refractivity contribution is 5.71. The van der Waals surface area contributed by atoms with E-state index in [0.717, 1.165) is 77.0 Å². The molecule has 0 rings (SSSR count). The van der Waals surface area contributed by atoms with Crippen LogP contribution in [0.25, 0.3) is 0 Å². The van der Waals surface area contributed by atoms with Crippen LogP contribution in [0.3, 0.4) is 0 Å². The Morgan fingerprint density at radius 2 is 0.563 bits per heavy atom. The van der Waals surface area contributed by atoms with E-state index in [-0.39, 0.29) is 37.5 Å². The lowest BCUT2D eigenvalue weighted by Gasteiger charge is -2.18. The van der Waals surface area contributed by atoms with Gasteiger partial charge in [0, 0.05) is 19.3 Å². The molecule has 71 heavy (non-hydrogen) atoms. The third kappa shape index (κ3) is 57.6. The van der Waals surface area contributed by atoms with Gasteiger partial charge < -0.3 is 14.2 Å². The van der Waals surface area contributed by atoms with Crippen molar-refractivity contribution < 1.29 is 28.6 Å². The van der Waals surface area contributed by atoms with Crippen molar-refractivity contribution >= 4 is 17.9 Å². The lowest BCUT2D eigenvalue weighted by molar-refractivity contribution is -0.167. The zero-order chi connectivity index (χ0) is 51.4. The Morgan fingerprint density at radius 3 is 0.930 bits per heavy atom. The molecule has 1 atom stereocenters. The quantitative estimate of drug-likeness (QED) is 0.0261. The van der Waals surface area contributed by atoms with Crippen LogP contribution in [0.4, 0.5) is 0 Å². The molecule has 6 heteroatoms. The summed E-state index contributed by atoms with van der Waals surface area (Å²) < 4.78 is 16.9. The summed E-state index contributed by atoms with van der Waals surface area (Å²) in [6.07, 6.45) is 76.2. The molecule has 6 nitrogen and oxygen atoms in total. The SMILES string of the molecule is CC/C=C\C/C=C\C/C=C\C/C=C\C/C=C\CCCC(=O)OC[C@H](COC(=O)CCCCCCCCC/C=C\CCCCCCCC)OC(=O)CCCCCCCCCCCCCCCCCCCCC. The smallest absolute Gasteiger partial charge is 0.306 e. The van der Waals surface area contributed by atoms with E-state index in [1.54, 1.807) is 0 Å². The van der Waals surface area contributed by atoms with Crippen molar-refractivity contribution in [2.24, 2.45) is 0 Å². The van der Waals surface area contributed by atoms with Gasteiger partial charge in [0.2, 0.25) is 0 Å². The molecular weight excluding hydrogens is 877 g/mol. The van der Waals surface area contributed by atoms with Crippen molar-refractivity contribution in [2.45, 2.75) is 309 Å². The highest BCUT2D eigenvalue weighted by Gasteiger charge is 2.19. The minimum absolute atomic E-state index is 0.0928. The van der Waals surface area contributed by atoms with Crippen LogP contribution in [0.15, 0.2) is 72.9 Å².